The maximum absolute atomic E-state index is 13.3. The standard InChI is InChI=1S/C18H15F2NO2S/c1-12(17-8-4-6-13-5-2-3-7-18(13)17)21-24(22,23)16-10-14(19)9-15(20)11-16/h2-12,21H,1H3. The Labute approximate surface area is 139 Å². The van der Waals surface area contributed by atoms with Gasteiger partial charge in [-0.15, -0.1) is 0 Å². The molecule has 1 atom stereocenters. The van der Waals surface area contributed by atoms with Crippen molar-refractivity contribution in [1.82, 2.24) is 4.72 Å². The van der Waals surface area contributed by atoms with Crippen LogP contribution in [-0.2, 0) is 10.0 Å². The van der Waals surface area contributed by atoms with E-state index in [1.54, 1.807) is 6.92 Å². The summed E-state index contributed by atoms with van der Waals surface area (Å²) in [6.45, 7) is 1.69. The summed E-state index contributed by atoms with van der Waals surface area (Å²) in [5.74, 6) is -1.87. The molecule has 3 aromatic rings. The van der Waals surface area contributed by atoms with Gasteiger partial charge in [-0.3, -0.25) is 0 Å². The van der Waals surface area contributed by atoms with E-state index < -0.39 is 32.6 Å². The zero-order valence-electron chi connectivity index (χ0n) is 12.8. The van der Waals surface area contributed by atoms with Crippen LogP contribution in [0.4, 0.5) is 8.78 Å². The third-order valence-electron chi connectivity index (χ3n) is 3.77. The SMILES string of the molecule is CC(NS(=O)(=O)c1cc(F)cc(F)c1)c1cccc2ccccc12. The predicted octanol–water partition coefficient (Wildman–Crippen LogP) is 4.16. The van der Waals surface area contributed by atoms with Gasteiger partial charge in [0.05, 0.1) is 4.90 Å². The lowest BCUT2D eigenvalue weighted by Gasteiger charge is -2.17. The van der Waals surface area contributed by atoms with E-state index in [0.29, 0.717) is 6.07 Å². The van der Waals surface area contributed by atoms with Gasteiger partial charge in [0.1, 0.15) is 11.6 Å². The molecule has 6 heteroatoms. The fourth-order valence-corrected chi connectivity index (χ4v) is 3.94. The number of nitrogens with one attached hydrogen (secondary N) is 1. The lowest BCUT2D eigenvalue weighted by molar-refractivity contribution is 0.554. The molecule has 0 saturated carbocycles. The van der Waals surface area contributed by atoms with Gasteiger partial charge >= 0.3 is 0 Å². The van der Waals surface area contributed by atoms with Crippen molar-refractivity contribution in [3.8, 4) is 0 Å². The van der Waals surface area contributed by atoms with Gasteiger partial charge in [-0.25, -0.2) is 21.9 Å². The lowest BCUT2D eigenvalue weighted by Crippen LogP contribution is -2.27. The number of hydrogen-bond donors (Lipinski definition) is 1. The zero-order valence-corrected chi connectivity index (χ0v) is 13.6. The smallest absolute Gasteiger partial charge is 0.207 e. The molecule has 1 unspecified atom stereocenters. The maximum Gasteiger partial charge on any atom is 0.241 e. The molecule has 3 rings (SSSR count). The Kier molecular flexibility index (Phi) is 4.34. The molecule has 3 aromatic carbocycles. The molecule has 0 heterocycles. The quantitative estimate of drug-likeness (QED) is 0.770. The molecule has 0 saturated heterocycles. The van der Waals surface area contributed by atoms with E-state index in [-0.39, 0.29) is 0 Å². The van der Waals surface area contributed by atoms with Gasteiger partial charge in [0.15, 0.2) is 0 Å². The Balaban J connectivity index is 1.97. The number of halogens is 2. The summed E-state index contributed by atoms with van der Waals surface area (Å²) in [4.78, 5) is -0.438. The van der Waals surface area contributed by atoms with Crippen LogP contribution in [0.2, 0.25) is 0 Å². The number of rotatable bonds is 4. The molecule has 0 fully saturated rings. The van der Waals surface area contributed by atoms with Gasteiger partial charge in [0.2, 0.25) is 10.0 Å². The van der Waals surface area contributed by atoms with E-state index in [2.05, 4.69) is 4.72 Å². The summed E-state index contributed by atoms with van der Waals surface area (Å²) in [5.41, 5.74) is 0.786. The molecule has 124 valence electrons. The Morgan fingerprint density at radius 3 is 2.25 bits per heavy atom. The van der Waals surface area contributed by atoms with Crippen LogP contribution in [-0.4, -0.2) is 8.42 Å². The second kappa shape index (κ2) is 6.30. The van der Waals surface area contributed by atoms with Crippen LogP contribution >= 0.6 is 0 Å². The van der Waals surface area contributed by atoms with Crippen molar-refractivity contribution in [1.29, 1.82) is 0 Å². The highest BCUT2D eigenvalue weighted by atomic mass is 32.2. The molecule has 0 amide bonds. The van der Waals surface area contributed by atoms with Gasteiger partial charge in [-0.2, -0.15) is 0 Å². The summed E-state index contributed by atoms with van der Waals surface area (Å²) in [7, 11) is -4.05. The monoisotopic (exact) mass is 347 g/mol. The fraction of sp³-hybridized carbons (Fsp3) is 0.111. The van der Waals surface area contributed by atoms with Crippen LogP contribution in [0.5, 0.6) is 0 Å². The first-order valence-electron chi connectivity index (χ1n) is 7.33. The first-order valence-corrected chi connectivity index (χ1v) is 8.81. The summed E-state index contributed by atoms with van der Waals surface area (Å²) in [5, 5.41) is 1.90. The normalized spacial score (nSPS) is 13.1. The van der Waals surface area contributed by atoms with Gasteiger partial charge in [0.25, 0.3) is 0 Å². The first kappa shape index (κ1) is 16.5. The van der Waals surface area contributed by atoms with Crippen molar-refractivity contribution in [2.45, 2.75) is 17.9 Å². The van der Waals surface area contributed by atoms with Crippen LogP contribution in [0.3, 0.4) is 0 Å². The summed E-state index contributed by atoms with van der Waals surface area (Å²) in [6.07, 6.45) is 0. The molecule has 0 aliphatic carbocycles. The van der Waals surface area contributed by atoms with E-state index in [1.165, 1.54) is 0 Å². The van der Waals surface area contributed by atoms with E-state index in [1.807, 2.05) is 42.5 Å². The highest BCUT2D eigenvalue weighted by Gasteiger charge is 2.21. The molecule has 24 heavy (non-hydrogen) atoms. The van der Waals surface area contributed by atoms with Gasteiger partial charge in [0, 0.05) is 12.1 Å². The molecule has 0 aromatic heterocycles. The third kappa shape index (κ3) is 3.29. The minimum Gasteiger partial charge on any atom is -0.207 e. The van der Waals surface area contributed by atoms with E-state index in [9.17, 15) is 17.2 Å². The molecular formula is C18H15F2NO2S. The molecular weight excluding hydrogens is 332 g/mol. The van der Waals surface area contributed by atoms with Gasteiger partial charge in [-0.1, -0.05) is 42.5 Å². The molecule has 3 nitrogen and oxygen atoms in total. The minimum absolute atomic E-state index is 0.438. The van der Waals surface area contributed by atoms with Crippen molar-refractivity contribution in [2.75, 3.05) is 0 Å². The Hall–Kier alpha value is -2.31. The highest BCUT2D eigenvalue weighted by Crippen LogP contribution is 2.25. The molecule has 0 aliphatic heterocycles. The summed E-state index contributed by atoms with van der Waals surface area (Å²) < 4.78 is 53.9. The Morgan fingerprint density at radius 1 is 0.917 bits per heavy atom. The van der Waals surface area contributed by atoms with E-state index in [4.69, 9.17) is 0 Å². The largest absolute Gasteiger partial charge is 0.241 e. The Morgan fingerprint density at radius 2 is 1.54 bits per heavy atom. The second-order valence-corrected chi connectivity index (χ2v) is 7.23. The number of sulfonamides is 1. The van der Waals surface area contributed by atoms with Crippen LogP contribution in [0.25, 0.3) is 10.8 Å². The zero-order chi connectivity index (χ0) is 17.3. The average molecular weight is 347 g/mol. The van der Waals surface area contributed by atoms with E-state index >= 15 is 0 Å². The van der Waals surface area contributed by atoms with Crippen molar-refractivity contribution in [2.24, 2.45) is 0 Å². The number of fused-ring (bicyclic) bond motifs is 1. The molecule has 1 N–H and O–H groups in total. The fourth-order valence-electron chi connectivity index (χ4n) is 2.68. The average Bonchev–Trinajstić information content (AvgIpc) is 2.53. The molecule has 0 bridgehead atoms. The van der Waals surface area contributed by atoms with Crippen molar-refractivity contribution < 1.29 is 17.2 Å². The lowest BCUT2D eigenvalue weighted by atomic mass is 10.0. The van der Waals surface area contributed by atoms with Crippen molar-refractivity contribution >= 4 is 20.8 Å². The molecule has 0 spiro atoms. The summed E-state index contributed by atoms with van der Waals surface area (Å²) >= 11 is 0. The maximum atomic E-state index is 13.3. The van der Waals surface area contributed by atoms with Gasteiger partial charge < -0.3 is 0 Å². The van der Waals surface area contributed by atoms with E-state index in [0.717, 1.165) is 28.5 Å². The van der Waals surface area contributed by atoms with Crippen LogP contribution in [0, 0.1) is 11.6 Å². The topological polar surface area (TPSA) is 46.2 Å². The van der Waals surface area contributed by atoms with Crippen LogP contribution < -0.4 is 4.72 Å². The second-order valence-electron chi connectivity index (χ2n) is 5.52. The van der Waals surface area contributed by atoms with Crippen molar-refractivity contribution in [3.63, 3.8) is 0 Å². The third-order valence-corrected chi connectivity index (χ3v) is 5.29. The molecule has 0 aliphatic rings. The van der Waals surface area contributed by atoms with Gasteiger partial charge in [-0.05, 0) is 35.4 Å². The number of benzene rings is 3. The Bertz CT molecular complexity index is 977. The highest BCUT2D eigenvalue weighted by molar-refractivity contribution is 7.89. The van der Waals surface area contributed by atoms with Crippen LogP contribution in [0.15, 0.2) is 65.6 Å². The van der Waals surface area contributed by atoms with Crippen LogP contribution in [0.1, 0.15) is 18.5 Å². The van der Waals surface area contributed by atoms with Crippen molar-refractivity contribution in [3.05, 3.63) is 77.9 Å². The minimum atomic E-state index is -4.05. The molecule has 0 radical (unpaired) electrons. The number of hydrogen-bond acceptors (Lipinski definition) is 2. The predicted molar refractivity (Wildman–Crippen MR) is 89.0 cm³/mol. The first-order chi connectivity index (χ1) is 11.4. The summed E-state index contributed by atoms with van der Waals surface area (Å²) in [6, 6.07) is 14.8.